The molecule has 4 heterocycles. The summed E-state index contributed by atoms with van der Waals surface area (Å²) in [7, 11) is 6.19. The second-order valence-electron chi connectivity index (χ2n) is 9.30. The second kappa shape index (κ2) is 9.81. The number of benzene rings is 1. The van der Waals surface area contributed by atoms with Crippen LogP contribution in [0.1, 0.15) is 16.1 Å². The van der Waals surface area contributed by atoms with E-state index in [2.05, 4.69) is 53.3 Å². The number of H-pyrrole nitrogens is 1. The van der Waals surface area contributed by atoms with Crippen LogP contribution in [-0.4, -0.2) is 83.2 Å². The number of pyridine rings is 2. The number of fused-ring (bicyclic) bond motifs is 1. The lowest BCUT2D eigenvalue weighted by Crippen LogP contribution is -2.44. The Balaban J connectivity index is 1.38. The molecular formula is C26H30N8O. The van der Waals surface area contributed by atoms with Crippen LogP contribution in [0.3, 0.4) is 0 Å². The number of likely N-dealkylation sites (N-methyl/N-ethyl adjacent to an activating group) is 1. The van der Waals surface area contributed by atoms with Gasteiger partial charge in [-0.3, -0.25) is 14.9 Å². The molecule has 5 rings (SSSR count). The number of hydrogen-bond donors (Lipinski definition) is 2. The highest BCUT2D eigenvalue weighted by atomic mass is 16.1. The van der Waals surface area contributed by atoms with Crippen LogP contribution >= 0.6 is 0 Å². The average molecular weight is 471 g/mol. The molecule has 0 spiro atoms. The highest BCUT2D eigenvalue weighted by Crippen LogP contribution is 2.27. The largest absolute Gasteiger partial charge is 0.354 e. The van der Waals surface area contributed by atoms with E-state index in [4.69, 9.17) is 0 Å². The van der Waals surface area contributed by atoms with Crippen LogP contribution in [0.25, 0.3) is 22.0 Å². The van der Waals surface area contributed by atoms with E-state index in [0.29, 0.717) is 11.4 Å². The molecule has 9 heteroatoms. The van der Waals surface area contributed by atoms with Gasteiger partial charge in [0.25, 0.3) is 5.91 Å². The summed E-state index contributed by atoms with van der Waals surface area (Å²) in [6.45, 7) is 4.63. The summed E-state index contributed by atoms with van der Waals surface area (Å²) < 4.78 is 0. The van der Waals surface area contributed by atoms with Gasteiger partial charge in [0.1, 0.15) is 5.82 Å². The number of anilines is 2. The SMILES string of the molecule is CN(C)Cc1cncc(-c2ccc3[nH]nc(C(=O)Nc4ccnc(N5CCN(C)CC5)c4)c3c2)c1. The summed E-state index contributed by atoms with van der Waals surface area (Å²) >= 11 is 0. The summed E-state index contributed by atoms with van der Waals surface area (Å²) in [6.07, 6.45) is 5.46. The van der Waals surface area contributed by atoms with E-state index in [-0.39, 0.29) is 5.91 Å². The predicted molar refractivity (Wildman–Crippen MR) is 139 cm³/mol. The second-order valence-corrected chi connectivity index (χ2v) is 9.30. The molecule has 0 bridgehead atoms. The number of aromatic amines is 1. The van der Waals surface area contributed by atoms with Crippen molar-refractivity contribution in [3.05, 3.63) is 66.2 Å². The van der Waals surface area contributed by atoms with Gasteiger partial charge in [-0.1, -0.05) is 6.07 Å². The van der Waals surface area contributed by atoms with Gasteiger partial charge in [0.2, 0.25) is 0 Å². The van der Waals surface area contributed by atoms with Gasteiger partial charge in [-0.15, -0.1) is 0 Å². The molecule has 0 radical (unpaired) electrons. The Morgan fingerprint density at radius 2 is 1.89 bits per heavy atom. The minimum atomic E-state index is -0.261. The lowest BCUT2D eigenvalue weighted by Gasteiger charge is -2.33. The highest BCUT2D eigenvalue weighted by molar-refractivity contribution is 6.11. The summed E-state index contributed by atoms with van der Waals surface area (Å²) in [5.41, 5.74) is 4.99. The monoisotopic (exact) mass is 470 g/mol. The van der Waals surface area contributed by atoms with E-state index in [1.165, 1.54) is 0 Å². The van der Waals surface area contributed by atoms with Gasteiger partial charge >= 0.3 is 0 Å². The van der Waals surface area contributed by atoms with E-state index in [9.17, 15) is 4.79 Å². The van der Waals surface area contributed by atoms with Crippen molar-refractivity contribution in [1.29, 1.82) is 0 Å². The third-order valence-corrected chi connectivity index (χ3v) is 6.24. The lowest BCUT2D eigenvalue weighted by molar-refractivity contribution is 0.102. The fourth-order valence-corrected chi connectivity index (χ4v) is 4.36. The van der Waals surface area contributed by atoms with Crippen LogP contribution in [0, 0.1) is 0 Å². The Kier molecular flexibility index (Phi) is 6.43. The van der Waals surface area contributed by atoms with E-state index in [1.807, 2.05) is 50.8 Å². The molecule has 35 heavy (non-hydrogen) atoms. The Bertz CT molecular complexity index is 1340. The van der Waals surface area contributed by atoms with E-state index in [0.717, 1.165) is 66.1 Å². The summed E-state index contributed by atoms with van der Waals surface area (Å²) in [4.78, 5) is 28.7. The fourth-order valence-electron chi connectivity index (χ4n) is 4.36. The van der Waals surface area contributed by atoms with E-state index in [1.54, 1.807) is 12.3 Å². The van der Waals surface area contributed by atoms with Gasteiger partial charge in [0, 0.05) is 74.0 Å². The van der Waals surface area contributed by atoms with Crippen LogP contribution in [0.15, 0.2) is 55.0 Å². The van der Waals surface area contributed by atoms with Crippen molar-refractivity contribution >= 4 is 28.3 Å². The average Bonchev–Trinajstić information content (AvgIpc) is 3.28. The molecule has 1 fully saturated rings. The molecule has 1 aliphatic rings. The molecule has 0 aliphatic carbocycles. The highest BCUT2D eigenvalue weighted by Gasteiger charge is 2.18. The van der Waals surface area contributed by atoms with Gasteiger partial charge in [0.15, 0.2) is 5.69 Å². The Morgan fingerprint density at radius 3 is 2.69 bits per heavy atom. The number of amides is 1. The summed E-state index contributed by atoms with van der Waals surface area (Å²) in [5, 5.41) is 11.1. The molecule has 2 N–H and O–H groups in total. The molecule has 0 unspecified atom stereocenters. The normalized spacial score (nSPS) is 14.6. The number of carbonyl (C=O) groups excluding carboxylic acids is 1. The van der Waals surface area contributed by atoms with Crippen molar-refractivity contribution in [2.45, 2.75) is 6.54 Å². The molecule has 1 amide bonds. The molecule has 4 aromatic rings. The predicted octanol–water partition coefficient (Wildman–Crippen LogP) is 3.09. The van der Waals surface area contributed by atoms with Gasteiger partial charge in [-0.25, -0.2) is 4.98 Å². The van der Waals surface area contributed by atoms with Crippen LogP contribution in [0.5, 0.6) is 0 Å². The van der Waals surface area contributed by atoms with Crippen molar-refractivity contribution < 1.29 is 4.79 Å². The maximum atomic E-state index is 13.2. The third-order valence-electron chi connectivity index (χ3n) is 6.24. The zero-order chi connectivity index (χ0) is 24.4. The molecule has 0 saturated carbocycles. The van der Waals surface area contributed by atoms with Crippen LogP contribution in [-0.2, 0) is 6.54 Å². The summed E-state index contributed by atoms with van der Waals surface area (Å²) in [6, 6.07) is 11.8. The molecule has 1 aliphatic heterocycles. The minimum Gasteiger partial charge on any atom is -0.354 e. The molecule has 1 saturated heterocycles. The molecule has 3 aromatic heterocycles. The Morgan fingerprint density at radius 1 is 1.06 bits per heavy atom. The summed E-state index contributed by atoms with van der Waals surface area (Å²) in [5.74, 6) is 0.610. The lowest BCUT2D eigenvalue weighted by atomic mass is 10.0. The van der Waals surface area contributed by atoms with Crippen molar-refractivity contribution in [2.24, 2.45) is 0 Å². The maximum Gasteiger partial charge on any atom is 0.276 e. The maximum absolute atomic E-state index is 13.2. The molecule has 9 nitrogen and oxygen atoms in total. The van der Waals surface area contributed by atoms with Crippen molar-refractivity contribution in [2.75, 3.05) is 57.5 Å². The van der Waals surface area contributed by atoms with Crippen LogP contribution in [0.2, 0.25) is 0 Å². The number of piperazine rings is 1. The van der Waals surface area contributed by atoms with Crippen molar-refractivity contribution in [3.63, 3.8) is 0 Å². The zero-order valence-corrected chi connectivity index (χ0v) is 20.3. The van der Waals surface area contributed by atoms with Crippen LogP contribution < -0.4 is 10.2 Å². The molecule has 180 valence electrons. The Labute approximate surface area is 204 Å². The topological polar surface area (TPSA) is 93.3 Å². The van der Waals surface area contributed by atoms with E-state index >= 15 is 0 Å². The number of carbonyl (C=O) groups is 1. The number of aromatic nitrogens is 4. The van der Waals surface area contributed by atoms with Gasteiger partial charge in [-0.2, -0.15) is 5.10 Å². The van der Waals surface area contributed by atoms with Crippen molar-refractivity contribution in [1.82, 2.24) is 30.0 Å². The zero-order valence-electron chi connectivity index (χ0n) is 20.3. The number of rotatable bonds is 6. The van der Waals surface area contributed by atoms with E-state index < -0.39 is 0 Å². The Hall–Kier alpha value is -3.82. The standard InChI is InChI=1S/C26H30N8O/c1-32(2)17-18-12-20(16-27-15-18)19-4-5-23-22(13-19)25(31-30-23)26(35)29-21-6-7-28-24(14-21)34-10-8-33(3)9-11-34/h4-7,12-16H,8-11,17H2,1-3H3,(H,30,31)(H,28,29,35). The van der Waals surface area contributed by atoms with Gasteiger partial charge in [-0.05, 0) is 56.5 Å². The first kappa shape index (κ1) is 22.9. The van der Waals surface area contributed by atoms with Gasteiger partial charge < -0.3 is 20.0 Å². The first-order chi connectivity index (χ1) is 17.0. The van der Waals surface area contributed by atoms with Crippen molar-refractivity contribution in [3.8, 4) is 11.1 Å². The van der Waals surface area contributed by atoms with Gasteiger partial charge in [0.05, 0.1) is 5.52 Å². The molecular weight excluding hydrogens is 440 g/mol. The quantitative estimate of drug-likeness (QED) is 0.447. The first-order valence-electron chi connectivity index (χ1n) is 11.7. The fraction of sp³-hybridized carbons (Fsp3) is 0.308. The third kappa shape index (κ3) is 5.16. The number of nitrogens with zero attached hydrogens (tertiary/aromatic N) is 6. The minimum absolute atomic E-state index is 0.261. The molecule has 1 aromatic carbocycles. The number of hydrogen-bond acceptors (Lipinski definition) is 7. The van der Waals surface area contributed by atoms with Crippen LogP contribution in [0.4, 0.5) is 11.5 Å². The number of nitrogens with one attached hydrogen (secondary N) is 2. The molecule has 0 atom stereocenters. The smallest absolute Gasteiger partial charge is 0.276 e. The first-order valence-corrected chi connectivity index (χ1v) is 11.7.